The van der Waals surface area contributed by atoms with Crippen molar-refractivity contribution >= 4 is 17.7 Å². The van der Waals surface area contributed by atoms with E-state index < -0.39 is 0 Å². The molecule has 1 aromatic heterocycles. The lowest BCUT2D eigenvalue weighted by molar-refractivity contribution is -0.124. The van der Waals surface area contributed by atoms with Crippen LogP contribution in [0.15, 0.2) is 11.1 Å². The number of amides is 1. The molecule has 1 N–H and O–H groups in total. The Kier molecular flexibility index (Phi) is 4.11. The molecule has 110 valence electrons. The van der Waals surface area contributed by atoms with Gasteiger partial charge in [0.1, 0.15) is 5.82 Å². The van der Waals surface area contributed by atoms with E-state index in [4.69, 9.17) is 0 Å². The predicted octanol–water partition coefficient (Wildman–Crippen LogP) is 2.22. The monoisotopic (exact) mass is 277 g/mol. The van der Waals surface area contributed by atoms with Crippen molar-refractivity contribution in [2.24, 2.45) is 4.99 Å². The quantitative estimate of drug-likeness (QED) is 0.921. The van der Waals surface area contributed by atoms with Gasteiger partial charge in [-0.1, -0.05) is 13.8 Å². The first kappa shape index (κ1) is 14.6. The van der Waals surface area contributed by atoms with Gasteiger partial charge in [0.25, 0.3) is 0 Å². The van der Waals surface area contributed by atoms with Crippen LogP contribution in [0.5, 0.6) is 0 Å². The highest BCUT2D eigenvalue weighted by Gasteiger charge is 2.22. The van der Waals surface area contributed by atoms with E-state index in [1.54, 1.807) is 11.8 Å². The number of nitrogens with one attached hydrogen (secondary N) is 1. The zero-order valence-electron chi connectivity index (χ0n) is 12.8. The van der Waals surface area contributed by atoms with Crippen LogP contribution in [0.3, 0.4) is 0 Å². The van der Waals surface area contributed by atoms with Gasteiger partial charge in [-0.25, -0.2) is 4.68 Å². The first-order chi connectivity index (χ1) is 9.40. The first-order valence-corrected chi connectivity index (χ1v) is 7.09. The molecule has 0 fully saturated rings. The Balaban J connectivity index is 2.26. The van der Waals surface area contributed by atoms with Crippen LogP contribution >= 0.6 is 0 Å². The molecule has 2 heterocycles. The Labute approximate surface area is 119 Å². The number of nitrogens with zero attached hydrogens (tertiary/aromatic N) is 4. The Hall–Kier alpha value is -1.85. The lowest BCUT2D eigenvalue weighted by Gasteiger charge is -2.18. The summed E-state index contributed by atoms with van der Waals surface area (Å²) in [4.78, 5) is 17.6. The molecule has 0 radical (unpaired) electrons. The predicted molar refractivity (Wildman–Crippen MR) is 80.0 cm³/mol. The van der Waals surface area contributed by atoms with Crippen LogP contribution in [-0.2, 0) is 4.79 Å². The number of hydrogen-bond donors (Lipinski definition) is 1. The minimum Gasteiger partial charge on any atom is -0.311 e. The van der Waals surface area contributed by atoms with E-state index >= 15 is 0 Å². The number of carbonyl (C=O) groups is 1. The van der Waals surface area contributed by atoms with Gasteiger partial charge in [-0.15, -0.1) is 0 Å². The summed E-state index contributed by atoms with van der Waals surface area (Å²) >= 11 is 0. The van der Waals surface area contributed by atoms with Crippen LogP contribution in [0.1, 0.15) is 52.3 Å². The molecule has 0 aliphatic carbocycles. The molecule has 6 heteroatoms. The zero-order valence-corrected chi connectivity index (χ0v) is 12.8. The second kappa shape index (κ2) is 5.64. The van der Waals surface area contributed by atoms with Crippen LogP contribution in [0.2, 0.25) is 0 Å². The van der Waals surface area contributed by atoms with Gasteiger partial charge in [0.15, 0.2) is 0 Å². The molecular formula is C14H23N5O. The Morgan fingerprint density at radius 1 is 1.35 bits per heavy atom. The second-order valence-corrected chi connectivity index (χ2v) is 5.65. The summed E-state index contributed by atoms with van der Waals surface area (Å²) in [5.74, 6) is 1.88. The average Bonchev–Trinajstić information content (AvgIpc) is 2.95. The van der Waals surface area contributed by atoms with Crippen molar-refractivity contribution in [1.82, 2.24) is 14.7 Å². The maximum Gasteiger partial charge on any atom is 0.226 e. The van der Waals surface area contributed by atoms with Crippen molar-refractivity contribution in [1.29, 1.82) is 0 Å². The molecule has 1 aliphatic rings. The van der Waals surface area contributed by atoms with E-state index in [-0.39, 0.29) is 11.9 Å². The second-order valence-electron chi connectivity index (χ2n) is 5.65. The van der Waals surface area contributed by atoms with Gasteiger partial charge in [0.05, 0.1) is 12.2 Å². The minimum atomic E-state index is 0.00782. The first-order valence-electron chi connectivity index (χ1n) is 7.09. The summed E-state index contributed by atoms with van der Waals surface area (Å²) in [5.41, 5.74) is 1.04. The SMILES string of the molecule is CC(=O)N1CCN=C1Nc1cc(C(C)C)nn1C(C)C. The molecule has 0 bridgehead atoms. The summed E-state index contributed by atoms with van der Waals surface area (Å²) in [6.07, 6.45) is 0. The van der Waals surface area contributed by atoms with Crippen molar-refractivity contribution in [3.63, 3.8) is 0 Å². The molecule has 6 nitrogen and oxygen atoms in total. The Morgan fingerprint density at radius 3 is 2.60 bits per heavy atom. The van der Waals surface area contributed by atoms with Crippen LogP contribution < -0.4 is 5.32 Å². The molecule has 20 heavy (non-hydrogen) atoms. The standard InChI is InChI=1S/C14H23N5O/c1-9(2)12-8-13(19(17-12)10(3)4)16-14-15-6-7-18(14)11(5)20/h8-10H,6-7H2,1-5H3,(H,15,16). The highest BCUT2D eigenvalue weighted by molar-refractivity contribution is 6.04. The normalized spacial score (nSPS) is 15.2. The van der Waals surface area contributed by atoms with E-state index in [2.05, 4.69) is 43.1 Å². The topological polar surface area (TPSA) is 62.5 Å². The van der Waals surface area contributed by atoms with Gasteiger partial charge in [-0.3, -0.25) is 14.7 Å². The van der Waals surface area contributed by atoms with Crippen molar-refractivity contribution in [3.8, 4) is 0 Å². The summed E-state index contributed by atoms with van der Waals surface area (Å²) < 4.78 is 1.94. The summed E-state index contributed by atoms with van der Waals surface area (Å²) in [7, 11) is 0. The molecule has 1 aromatic rings. The number of guanidine groups is 1. The maximum absolute atomic E-state index is 11.6. The minimum absolute atomic E-state index is 0.00782. The third-order valence-electron chi connectivity index (χ3n) is 3.30. The molecule has 0 saturated carbocycles. The highest BCUT2D eigenvalue weighted by atomic mass is 16.2. The number of aromatic nitrogens is 2. The fourth-order valence-corrected chi connectivity index (χ4v) is 2.16. The Bertz CT molecular complexity index is 530. The molecule has 1 aliphatic heterocycles. The average molecular weight is 277 g/mol. The number of aliphatic imine (C=N–C) groups is 1. The van der Waals surface area contributed by atoms with Crippen molar-refractivity contribution in [2.45, 2.75) is 46.6 Å². The fourth-order valence-electron chi connectivity index (χ4n) is 2.16. The van der Waals surface area contributed by atoms with E-state index in [1.807, 2.05) is 10.7 Å². The molecule has 0 saturated heterocycles. The van der Waals surface area contributed by atoms with Crippen LogP contribution in [-0.4, -0.2) is 39.6 Å². The van der Waals surface area contributed by atoms with Crippen LogP contribution in [0.25, 0.3) is 0 Å². The van der Waals surface area contributed by atoms with E-state index in [0.29, 0.717) is 25.0 Å². The number of carbonyl (C=O) groups excluding carboxylic acids is 1. The van der Waals surface area contributed by atoms with Crippen LogP contribution in [0, 0.1) is 0 Å². The van der Waals surface area contributed by atoms with E-state index in [0.717, 1.165) is 11.5 Å². The van der Waals surface area contributed by atoms with E-state index in [9.17, 15) is 4.79 Å². The maximum atomic E-state index is 11.6. The van der Waals surface area contributed by atoms with Gasteiger partial charge in [-0.2, -0.15) is 5.10 Å². The van der Waals surface area contributed by atoms with Gasteiger partial charge < -0.3 is 5.32 Å². The van der Waals surface area contributed by atoms with Gasteiger partial charge in [0, 0.05) is 25.6 Å². The molecule has 1 amide bonds. The summed E-state index contributed by atoms with van der Waals surface area (Å²) in [5, 5.41) is 7.87. The van der Waals surface area contributed by atoms with Gasteiger partial charge in [-0.05, 0) is 19.8 Å². The molecule has 2 rings (SSSR count). The Morgan fingerprint density at radius 2 is 2.05 bits per heavy atom. The van der Waals surface area contributed by atoms with Crippen molar-refractivity contribution < 1.29 is 4.79 Å². The fraction of sp³-hybridized carbons (Fsp3) is 0.643. The molecule has 0 atom stereocenters. The molecule has 0 unspecified atom stereocenters. The van der Waals surface area contributed by atoms with Gasteiger partial charge >= 0.3 is 0 Å². The third kappa shape index (κ3) is 2.84. The lowest BCUT2D eigenvalue weighted by atomic mass is 10.1. The number of hydrogen-bond acceptors (Lipinski definition) is 4. The third-order valence-corrected chi connectivity index (χ3v) is 3.30. The number of rotatable bonds is 3. The smallest absolute Gasteiger partial charge is 0.226 e. The lowest BCUT2D eigenvalue weighted by Crippen LogP contribution is -2.37. The van der Waals surface area contributed by atoms with E-state index in [1.165, 1.54) is 0 Å². The summed E-state index contributed by atoms with van der Waals surface area (Å²) in [6, 6.07) is 2.28. The summed E-state index contributed by atoms with van der Waals surface area (Å²) in [6.45, 7) is 11.3. The molecule has 0 spiro atoms. The highest BCUT2D eigenvalue weighted by Crippen LogP contribution is 2.22. The molecular weight excluding hydrogens is 254 g/mol. The van der Waals surface area contributed by atoms with Crippen molar-refractivity contribution in [3.05, 3.63) is 11.8 Å². The van der Waals surface area contributed by atoms with Crippen molar-refractivity contribution in [2.75, 3.05) is 18.4 Å². The largest absolute Gasteiger partial charge is 0.311 e. The number of anilines is 1. The zero-order chi connectivity index (χ0) is 14.9. The van der Waals surface area contributed by atoms with Gasteiger partial charge in [0.2, 0.25) is 11.9 Å². The van der Waals surface area contributed by atoms with Crippen LogP contribution in [0.4, 0.5) is 5.82 Å². The molecule has 0 aromatic carbocycles.